The summed E-state index contributed by atoms with van der Waals surface area (Å²) in [4.78, 5) is 0. The van der Waals surface area contributed by atoms with Gasteiger partial charge in [-0.15, -0.1) is 0 Å². The van der Waals surface area contributed by atoms with Gasteiger partial charge < -0.3 is 32.1 Å². The molecule has 2 fully saturated rings. The number of rotatable bonds is 1. The first-order chi connectivity index (χ1) is 14.2. The summed E-state index contributed by atoms with van der Waals surface area (Å²) in [5.74, 6) is 0. The molecule has 0 spiro atoms. The molecule has 0 N–H and O–H groups in total. The normalized spacial score (nSPS) is 28.6. The van der Waals surface area contributed by atoms with Gasteiger partial charge in [0.05, 0.1) is 22.6 Å². The van der Waals surface area contributed by atoms with Crippen LogP contribution in [-0.4, -0.2) is 41.2 Å². The van der Waals surface area contributed by atoms with E-state index in [9.17, 15) is 17.3 Å². The van der Waals surface area contributed by atoms with Crippen molar-refractivity contribution >= 4 is 23.1 Å². The molecule has 34 heavy (non-hydrogen) atoms. The SMILES string of the molecule is C1=C\CC/C=C\CC/1.CC(C)(C)[PH+]1CCC[C@@H]1[C@H]1CCC[PH+]1C(C)(C)C.F[B-](F)(F)F.[CH3-].[CH3-].[Rh+2]. The van der Waals surface area contributed by atoms with Crippen LogP contribution < -0.4 is 0 Å². The Hall–Kier alpha value is 0.748. The van der Waals surface area contributed by atoms with Crippen LogP contribution in [0.15, 0.2) is 24.3 Å². The first-order valence-corrected chi connectivity index (χ1v) is 15.7. The maximum absolute atomic E-state index is 9.75. The van der Waals surface area contributed by atoms with Crippen molar-refractivity contribution in [2.75, 3.05) is 12.3 Å². The maximum Gasteiger partial charge on any atom is 2.00 e. The van der Waals surface area contributed by atoms with E-state index >= 15 is 0 Å². The number of hydrogen-bond donors (Lipinski definition) is 0. The molecule has 0 nitrogen and oxygen atoms in total. The van der Waals surface area contributed by atoms with Crippen molar-refractivity contribution in [3.63, 3.8) is 0 Å². The summed E-state index contributed by atoms with van der Waals surface area (Å²) < 4.78 is 39.0. The molecule has 8 heteroatoms. The van der Waals surface area contributed by atoms with Crippen LogP contribution in [0.4, 0.5) is 17.3 Å². The minimum Gasteiger partial charge on any atom is -0.418 e. The van der Waals surface area contributed by atoms with Gasteiger partial charge in [-0.1, -0.05) is 24.3 Å². The average Bonchev–Trinajstić information content (AvgIpc) is 3.21. The minimum atomic E-state index is -6.00. The van der Waals surface area contributed by atoms with Gasteiger partial charge in [-0.2, -0.15) is 0 Å². The van der Waals surface area contributed by atoms with Crippen LogP contribution in [0.3, 0.4) is 0 Å². The molecule has 2 unspecified atom stereocenters. The Labute approximate surface area is 225 Å². The Balaban J connectivity index is -0.000000506. The van der Waals surface area contributed by atoms with E-state index in [-0.39, 0.29) is 50.2 Å². The Morgan fingerprint density at radius 3 is 1.06 bits per heavy atom. The third-order valence-electron chi connectivity index (χ3n) is 6.56. The van der Waals surface area contributed by atoms with Crippen LogP contribution in [0.1, 0.15) is 92.9 Å². The molecule has 0 bridgehead atoms. The fourth-order valence-electron chi connectivity index (χ4n) is 5.35. The molecular weight excluding hydrogens is 564 g/mol. The molecule has 3 rings (SSSR count). The summed E-state index contributed by atoms with van der Waals surface area (Å²) in [7, 11) is -6.23. The van der Waals surface area contributed by atoms with E-state index in [4.69, 9.17) is 0 Å². The zero-order valence-corrected chi connectivity index (χ0v) is 26.6. The molecule has 0 aromatic heterocycles. The van der Waals surface area contributed by atoms with E-state index < -0.39 is 7.25 Å². The van der Waals surface area contributed by atoms with Gasteiger partial charge in [-0.05, 0) is 92.9 Å². The third-order valence-corrected chi connectivity index (χ3v) is 15.7. The van der Waals surface area contributed by atoms with E-state index in [0.717, 1.165) is 0 Å². The second-order valence-corrected chi connectivity index (χ2v) is 18.7. The van der Waals surface area contributed by atoms with Gasteiger partial charge in [0.1, 0.15) is 11.3 Å². The largest absolute Gasteiger partial charge is 2.00 e. The zero-order valence-electron chi connectivity index (χ0n) is 23.0. The van der Waals surface area contributed by atoms with Gasteiger partial charge in [0.2, 0.25) is 0 Å². The summed E-state index contributed by atoms with van der Waals surface area (Å²) in [6.45, 7) is 15.2. The van der Waals surface area contributed by atoms with Crippen LogP contribution >= 0.6 is 15.8 Å². The monoisotopic (exact) mass is 616 g/mol. The molecule has 0 aromatic rings. The molecule has 0 saturated carbocycles. The second-order valence-electron chi connectivity index (χ2n) is 11.1. The van der Waals surface area contributed by atoms with Crippen LogP contribution in [0.2, 0.25) is 0 Å². The van der Waals surface area contributed by atoms with E-state index in [1.165, 1.54) is 37.0 Å². The molecule has 205 valence electrons. The second kappa shape index (κ2) is 18.1. The Morgan fingerprint density at radius 2 is 0.853 bits per heavy atom. The quantitative estimate of drug-likeness (QED) is 0.0905. The first-order valence-electron chi connectivity index (χ1n) is 12.1. The molecule has 1 aliphatic carbocycles. The van der Waals surface area contributed by atoms with E-state index in [1.54, 1.807) is 38.0 Å². The zero-order chi connectivity index (χ0) is 23.7. The van der Waals surface area contributed by atoms with Crippen molar-refractivity contribution in [2.45, 2.75) is 115 Å². The van der Waals surface area contributed by atoms with E-state index in [0.29, 0.717) is 10.3 Å². The van der Waals surface area contributed by atoms with Crippen molar-refractivity contribution in [3.05, 3.63) is 39.2 Å². The van der Waals surface area contributed by atoms with Crippen molar-refractivity contribution in [1.82, 2.24) is 0 Å². The fraction of sp³-hybridized carbons (Fsp3) is 0.769. The summed E-state index contributed by atoms with van der Waals surface area (Å²) in [5, 5.41) is 1.28. The summed E-state index contributed by atoms with van der Waals surface area (Å²) in [5.41, 5.74) is 2.34. The number of allylic oxidation sites excluding steroid dienone is 4. The molecule has 0 aromatic carbocycles. The average molecular weight is 616 g/mol. The van der Waals surface area contributed by atoms with E-state index in [2.05, 4.69) is 65.8 Å². The standard InChI is InChI=1S/C16H32P2.C8H12.2CH3.BF4.Rh/c1-15(2,3)17-11-7-9-13(17)14-10-8-12-18(14)16(4,5)6;1-2-4-6-8-7-5-3-1;;;2-1(3,4)5;/h13-14H,7-12H2,1-6H3;1-2,7-8H,3-6H2;2*1H3;;/q;;3*-1;+2/p+2/b;2-1-,8-7-;;;;/t13-,14-,17?,18?;;;;;/m1...../s1. The van der Waals surface area contributed by atoms with Crippen LogP contribution in [0.25, 0.3) is 0 Å². The molecule has 4 atom stereocenters. The van der Waals surface area contributed by atoms with Crippen molar-refractivity contribution < 1.29 is 36.7 Å². The first kappa shape index (κ1) is 39.3. The molecule has 1 radical (unpaired) electrons. The van der Waals surface area contributed by atoms with Crippen LogP contribution in [0.5, 0.6) is 0 Å². The van der Waals surface area contributed by atoms with Crippen molar-refractivity contribution in [2.24, 2.45) is 0 Å². The molecule has 3 aliphatic rings. The summed E-state index contributed by atoms with van der Waals surface area (Å²) in [6, 6.07) is 0. The van der Waals surface area contributed by atoms with Crippen molar-refractivity contribution in [1.29, 1.82) is 0 Å². The van der Waals surface area contributed by atoms with Gasteiger partial charge in [-0.3, -0.25) is 0 Å². The van der Waals surface area contributed by atoms with E-state index in [1.807, 2.05) is 0 Å². The Morgan fingerprint density at radius 1 is 0.618 bits per heavy atom. The van der Waals surface area contributed by atoms with Gasteiger partial charge >= 0.3 is 26.7 Å². The minimum absolute atomic E-state index is 0. The smallest absolute Gasteiger partial charge is 0.418 e. The van der Waals surface area contributed by atoms with Gasteiger partial charge in [0.15, 0.2) is 0 Å². The number of halogens is 4. The Bertz CT molecular complexity index is 507. The molecule has 2 saturated heterocycles. The van der Waals surface area contributed by atoms with Gasteiger partial charge in [0.25, 0.3) is 0 Å². The maximum atomic E-state index is 9.75. The predicted octanol–water partition coefficient (Wildman–Crippen LogP) is 10.2. The molecule has 2 heterocycles. The molecular formula is C26H52BF4P2Rh+. The van der Waals surface area contributed by atoms with Crippen LogP contribution in [0, 0.1) is 14.9 Å². The van der Waals surface area contributed by atoms with Crippen molar-refractivity contribution in [3.8, 4) is 0 Å². The summed E-state index contributed by atoms with van der Waals surface area (Å²) >= 11 is 0. The van der Waals surface area contributed by atoms with Gasteiger partial charge in [-0.25, -0.2) is 0 Å². The van der Waals surface area contributed by atoms with Crippen LogP contribution in [-0.2, 0) is 19.5 Å². The van der Waals surface area contributed by atoms with Gasteiger partial charge in [0, 0.05) is 15.8 Å². The summed E-state index contributed by atoms with van der Waals surface area (Å²) in [6.07, 6.45) is 23.5. The third kappa shape index (κ3) is 16.5. The molecule has 2 aliphatic heterocycles. The fourth-order valence-corrected chi connectivity index (χ4v) is 14.6. The Kier molecular flexibility index (Phi) is 20.9. The predicted molar refractivity (Wildman–Crippen MR) is 152 cm³/mol. The topological polar surface area (TPSA) is 0 Å². The molecule has 0 amide bonds. The number of hydrogen-bond acceptors (Lipinski definition) is 0.